The number of anilines is 3. The smallest absolute Gasteiger partial charge is 0.246 e. The molecule has 0 radical (unpaired) electrons. The van der Waals surface area contributed by atoms with E-state index in [1.807, 2.05) is 30.5 Å². The first-order chi connectivity index (χ1) is 17.1. The van der Waals surface area contributed by atoms with Crippen molar-refractivity contribution < 1.29 is 4.79 Å². The standard InChI is InChI=1S/C27H35N7O/c1-29-17-21(16-28)19-9-11-22(12-10-19)32-26-31-18-20-6-4-5-13-27(14-15-30-25(27)35)34(24(20)33-26)23-7-2-3-8-23/h9-12,16-18,23H,2-8,13-15,28H2,1H3,(H,30,35)(H,31,32,33). The van der Waals surface area contributed by atoms with Crippen molar-refractivity contribution in [3.05, 3.63) is 47.8 Å². The Morgan fingerprint density at radius 3 is 2.69 bits per heavy atom. The van der Waals surface area contributed by atoms with Crippen molar-refractivity contribution in [3.63, 3.8) is 0 Å². The molecule has 2 aliphatic heterocycles. The van der Waals surface area contributed by atoms with E-state index in [2.05, 4.69) is 25.5 Å². The lowest BCUT2D eigenvalue weighted by Crippen LogP contribution is -2.58. The Balaban J connectivity index is 1.49. The summed E-state index contributed by atoms with van der Waals surface area (Å²) in [4.78, 5) is 29.5. The highest BCUT2D eigenvalue weighted by Gasteiger charge is 2.51. The number of nitrogens with zero attached hydrogens (tertiary/aromatic N) is 4. The van der Waals surface area contributed by atoms with Crippen LogP contribution in [-0.2, 0) is 11.2 Å². The molecular formula is C27H35N7O. The normalized spacial score (nSPS) is 23.4. The summed E-state index contributed by atoms with van der Waals surface area (Å²) in [6, 6.07) is 8.32. The molecule has 1 aromatic carbocycles. The fourth-order valence-corrected chi connectivity index (χ4v) is 5.94. The number of carbonyl (C=O) groups is 1. The maximum absolute atomic E-state index is 13.3. The molecule has 1 amide bonds. The van der Waals surface area contributed by atoms with E-state index in [0.717, 1.165) is 79.7 Å². The number of aryl methyl sites for hydroxylation is 1. The molecule has 1 saturated carbocycles. The van der Waals surface area contributed by atoms with Crippen LogP contribution in [0.25, 0.3) is 5.57 Å². The van der Waals surface area contributed by atoms with Crippen molar-refractivity contribution in [2.75, 3.05) is 23.8 Å². The van der Waals surface area contributed by atoms with E-state index in [-0.39, 0.29) is 5.91 Å². The average Bonchev–Trinajstić information content (AvgIpc) is 3.52. The van der Waals surface area contributed by atoms with E-state index in [9.17, 15) is 4.79 Å². The molecule has 0 bridgehead atoms. The summed E-state index contributed by atoms with van der Waals surface area (Å²) in [5, 5.41) is 6.51. The quantitative estimate of drug-likeness (QED) is 0.568. The lowest BCUT2D eigenvalue weighted by molar-refractivity contribution is -0.124. The largest absolute Gasteiger partial charge is 0.404 e. The van der Waals surface area contributed by atoms with E-state index in [4.69, 9.17) is 10.7 Å². The van der Waals surface area contributed by atoms with Crippen LogP contribution in [0.5, 0.6) is 0 Å². The second-order valence-electron chi connectivity index (χ2n) is 9.81. The predicted octanol–water partition coefficient (Wildman–Crippen LogP) is 3.95. The maximum atomic E-state index is 13.3. The van der Waals surface area contributed by atoms with Crippen LogP contribution in [0.15, 0.2) is 41.7 Å². The van der Waals surface area contributed by atoms with Crippen molar-refractivity contribution >= 4 is 35.1 Å². The molecule has 4 N–H and O–H groups in total. The fourth-order valence-electron chi connectivity index (χ4n) is 5.94. The molecular weight excluding hydrogens is 438 g/mol. The fraction of sp³-hybridized carbons (Fsp3) is 0.481. The van der Waals surface area contributed by atoms with Crippen molar-refractivity contribution in [2.45, 2.75) is 69.4 Å². The molecule has 1 atom stereocenters. The van der Waals surface area contributed by atoms with Gasteiger partial charge in [-0.05, 0) is 56.2 Å². The SMILES string of the molecule is CN=CC(=CN)c1ccc(Nc2ncc3c(n2)N(C2CCCC2)C2(CCCC3)CCNC2=O)cc1. The molecule has 1 aromatic heterocycles. The molecule has 8 nitrogen and oxygen atoms in total. The van der Waals surface area contributed by atoms with Gasteiger partial charge in [-0.15, -0.1) is 0 Å². The van der Waals surface area contributed by atoms with Gasteiger partial charge in [-0.3, -0.25) is 9.79 Å². The van der Waals surface area contributed by atoms with Gasteiger partial charge in [0.15, 0.2) is 0 Å². The number of hydrogen-bond donors (Lipinski definition) is 3. The third-order valence-electron chi connectivity index (χ3n) is 7.68. The summed E-state index contributed by atoms with van der Waals surface area (Å²) in [6.45, 7) is 0.738. The first-order valence-corrected chi connectivity index (χ1v) is 12.8. The molecule has 35 heavy (non-hydrogen) atoms. The van der Waals surface area contributed by atoms with Gasteiger partial charge in [-0.1, -0.05) is 31.4 Å². The number of nitrogens with one attached hydrogen (secondary N) is 2. The van der Waals surface area contributed by atoms with Crippen LogP contribution in [0.2, 0.25) is 0 Å². The Bertz CT molecular complexity index is 1120. The highest BCUT2D eigenvalue weighted by molar-refractivity contribution is 6.09. The minimum Gasteiger partial charge on any atom is -0.404 e. The lowest BCUT2D eigenvalue weighted by atomic mass is 9.84. The van der Waals surface area contributed by atoms with E-state index >= 15 is 0 Å². The molecule has 5 rings (SSSR count). The van der Waals surface area contributed by atoms with E-state index in [1.54, 1.807) is 19.5 Å². The van der Waals surface area contributed by atoms with Gasteiger partial charge in [0, 0.05) is 55.1 Å². The Labute approximate surface area is 207 Å². The third-order valence-corrected chi connectivity index (χ3v) is 7.68. The highest BCUT2D eigenvalue weighted by atomic mass is 16.2. The second-order valence-corrected chi connectivity index (χ2v) is 9.81. The zero-order valence-electron chi connectivity index (χ0n) is 20.5. The number of benzene rings is 1. The molecule has 2 aromatic rings. The van der Waals surface area contributed by atoms with Gasteiger partial charge in [0.2, 0.25) is 11.9 Å². The highest BCUT2D eigenvalue weighted by Crippen LogP contribution is 2.43. The van der Waals surface area contributed by atoms with Crippen LogP contribution in [-0.4, -0.2) is 47.3 Å². The van der Waals surface area contributed by atoms with E-state index < -0.39 is 5.54 Å². The number of allylic oxidation sites excluding steroid dienone is 1. The molecule has 1 aliphatic carbocycles. The number of fused-ring (bicyclic) bond motifs is 1. The number of aromatic nitrogens is 2. The molecule has 184 valence electrons. The molecule has 3 heterocycles. The minimum absolute atomic E-state index is 0.167. The Kier molecular flexibility index (Phi) is 6.70. The summed E-state index contributed by atoms with van der Waals surface area (Å²) in [5.41, 5.74) is 9.14. The predicted molar refractivity (Wildman–Crippen MR) is 141 cm³/mol. The van der Waals surface area contributed by atoms with Crippen LogP contribution in [0.3, 0.4) is 0 Å². The molecule has 1 saturated heterocycles. The van der Waals surface area contributed by atoms with Gasteiger partial charge in [0.25, 0.3) is 0 Å². The Morgan fingerprint density at radius 1 is 1.20 bits per heavy atom. The van der Waals surface area contributed by atoms with Crippen LogP contribution in [0.1, 0.15) is 62.5 Å². The monoisotopic (exact) mass is 473 g/mol. The second kappa shape index (κ2) is 10.1. The van der Waals surface area contributed by atoms with Gasteiger partial charge in [-0.2, -0.15) is 4.98 Å². The molecule has 8 heteroatoms. The maximum Gasteiger partial charge on any atom is 0.246 e. The number of amides is 1. The molecule has 2 fully saturated rings. The zero-order valence-corrected chi connectivity index (χ0v) is 20.5. The van der Waals surface area contributed by atoms with Gasteiger partial charge in [0.05, 0.1) is 0 Å². The van der Waals surface area contributed by atoms with Crippen molar-refractivity contribution in [1.29, 1.82) is 0 Å². The van der Waals surface area contributed by atoms with Crippen molar-refractivity contribution in [2.24, 2.45) is 10.7 Å². The van der Waals surface area contributed by atoms with Gasteiger partial charge in [-0.25, -0.2) is 4.98 Å². The lowest BCUT2D eigenvalue weighted by Gasteiger charge is -2.45. The van der Waals surface area contributed by atoms with Crippen molar-refractivity contribution in [1.82, 2.24) is 15.3 Å². The first kappa shape index (κ1) is 23.3. The van der Waals surface area contributed by atoms with Gasteiger partial charge < -0.3 is 21.3 Å². The Hall–Kier alpha value is -3.42. The van der Waals surface area contributed by atoms with Gasteiger partial charge in [0.1, 0.15) is 11.4 Å². The van der Waals surface area contributed by atoms with Crippen LogP contribution in [0.4, 0.5) is 17.5 Å². The Morgan fingerprint density at radius 2 is 2.00 bits per heavy atom. The number of hydrogen-bond acceptors (Lipinski definition) is 7. The summed E-state index contributed by atoms with van der Waals surface area (Å²) in [6.07, 6.45) is 14.7. The van der Waals surface area contributed by atoms with Gasteiger partial charge >= 0.3 is 0 Å². The number of rotatable bonds is 5. The van der Waals surface area contributed by atoms with Crippen molar-refractivity contribution in [3.8, 4) is 0 Å². The number of nitrogens with two attached hydrogens (primary N) is 1. The van der Waals surface area contributed by atoms with Crippen LogP contribution in [0, 0.1) is 0 Å². The van der Waals surface area contributed by atoms with E-state index in [1.165, 1.54) is 12.8 Å². The average molecular weight is 474 g/mol. The topological polar surface area (TPSA) is 109 Å². The zero-order chi connectivity index (χ0) is 24.3. The summed E-state index contributed by atoms with van der Waals surface area (Å²) >= 11 is 0. The van der Waals surface area contributed by atoms with Crippen LogP contribution < -0.4 is 21.3 Å². The molecule has 1 unspecified atom stereocenters. The minimum atomic E-state index is -0.497. The number of carbonyl (C=O) groups excluding carboxylic acids is 1. The van der Waals surface area contributed by atoms with Crippen LogP contribution >= 0.6 is 0 Å². The number of aliphatic imine (C=N–C) groups is 1. The summed E-state index contributed by atoms with van der Waals surface area (Å²) in [5.74, 6) is 1.66. The molecule has 3 aliphatic rings. The van der Waals surface area contributed by atoms with E-state index in [0.29, 0.717) is 12.0 Å². The first-order valence-electron chi connectivity index (χ1n) is 12.8. The summed E-state index contributed by atoms with van der Waals surface area (Å²) in [7, 11) is 1.73. The summed E-state index contributed by atoms with van der Waals surface area (Å²) < 4.78 is 0. The third kappa shape index (κ3) is 4.49. The molecule has 1 spiro atoms.